The van der Waals surface area contributed by atoms with Crippen molar-refractivity contribution in [3.8, 4) is 0 Å². The predicted octanol–water partition coefficient (Wildman–Crippen LogP) is 2.96. The van der Waals surface area contributed by atoms with Crippen LogP contribution in [0.5, 0.6) is 0 Å². The number of fused-ring (bicyclic) bond motifs is 1. The summed E-state index contributed by atoms with van der Waals surface area (Å²) in [7, 11) is 1.67. The van der Waals surface area contributed by atoms with Crippen molar-refractivity contribution in [3.63, 3.8) is 0 Å². The van der Waals surface area contributed by atoms with E-state index in [2.05, 4.69) is 20.9 Å². The van der Waals surface area contributed by atoms with Gasteiger partial charge in [-0.1, -0.05) is 50.2 Å². The molecule has 2 heterocycles. The molecular formula is C30H33N5O4. The van der Waals surface area contributed by atoms with Crippen molar-refractivity contribution in [2.75, 3.05) is 17.3 Å². The Morgan fingerprint density at radius 2 is 1.56 bits per heavy atom. The molecule has 0 radical (unpaired) electrons. The van der Waals surface area contributed by atoms with Crippen LogP contribution in [0.25, 0.3) is 0 Å². The molecular weight excluding hydrogens is 494 g/mol. The number of nitrogens with zero attached hydrogens (tertiary/aromatic N) is 2. The number of ketones is 1. The van der Waals surface area contributed by atoms with E-state index >= 15 is 0 Å². The van der Waals surface area contributed by atoms with Gasteiger partial charge >= 0.3 is 0 Å². The molecule has 202 valence electrons. The third kappa shape index (κ3) is 6.04. The highest BCUT2D eigenvalue weighted by Gasteiger charge is 2.43. The number of anilines is 2. The lowest BCUT2D eigenvalue weighted by Crippen LogP contribution is -2.57. The Kier molecular flexibility index (Phi) is 8.51. The normalized spacial score (nSPS) is 15.8. The van der Waals surface area contributed by atoms with Crippen LogP contribution in [0.1, 0.15) is 42.3 Å². The molecule has 9 nitrogen and oxygen atoms in total. The second kappa shape index (κ2) is 12.0. The fourth-order valence-electron chi connectivity index (χ4n) is 4.48. The van der Waals surface area contributed by atoms with Crippen molar-refractivity contribution in [1.29, 1.82) is 0 Å². The first-order chi connectivity index (χ1) is 18.7. The van der Waals surface area contributed by atoms with Crippen molar-refractivity contribution in [2.45, 2.75) is 45.3 Å². The molecule has 1 aromatic heterocycles. The number of rotatable bonds is 9. The van der Waals surface area contributed by atoms with Gasteiger partial charge in [0.25, 0.3) is 5.91 Å². The Balaban J connectivity index is 1.55. The Morgan fingerprint density at radius 3 is 2.21 bits per heavy atom. The minimum absolute atomic E-state index is 0.114. The van der Waals surface area contributed by atoms with Gasteiger partial charge in [-0.3, -0.25) is 24.1 Å². The lowest BCUT2D eigenvalue weighted by Gasteiger charge is -2.31. The second-order valence-electron chi connectivity index (χ2n) is 9.92. The molecule has 3 atom stereocenters. The summed E-state index contributed by atoms with van der Waals surface area (Å²) in [6, 6.07) is 17.0. The van der Waals surface area contributed by atoms with Crippen LogP contribution in [0.2, 0.25) is 0 Å². The Morgan fingerprint density at radius 1 is 0.897 bits per heavy atom. The average Bonchev–Trinajstić information content (AvgIpc) is 3.35. The zero-order valence-electron chi connectivity index (χ0n) is 22.5. The van der Waals surface area contributed by atoms with Gasteiger partial charge in [0.05, 0.1) is 6.04 Å². The first-order valence-corrected chi connectivity index (χ1v) is 13.0. The topological polar surface area (TPSA) is 120 Å². The summed E-state index contributed by atoms with van der Waals surface area (Å²) in [6.07, 6.45) is 1.87. The molecule has 3 amide bonds. The number of pyridine rings is 1. The highest BCUT2D eigenvalue weighted by Crippen LogP contribution is 2.32. The van der Waals surface area contributed by atoms with Gasteiger partial charge in [-0.05, 0) is 55.8 Å². The Labute approximate surface area is 228 Å². The maximum absolute atomic E-state index is 13.9. The lowest BCUT2D eigenvalue weighted by atomic mass is 10.0. The molecule has 1 aliphatic heterocycles. The van der Waals surface area contributed by atoms with Crippen LogP contribution in [0, 0.1) is 5.92 Å². The fraction of sp³-hybridized carbons (Fsp3) is 0.300. The quantitative estimate of drug-likeness (QED) is 0.368. The van der Waals surface area contributed by atoms with E-state index in [9.17, 15) is 19.2 Å². The number of benzene rings is 2. The van der Waals surface area contributed by atoms with Crippen molar-refractivity contribution < 1.29 is 19.2 Å². The van der Waals surface area contributed by atoms with E-state index in [1.807, 2.05) is 26.0 Å². The van der Waals surface area contributed by atoms with Crippen LogP contribution in [0.4, 0.5) is 11.5 Å². The van der Waals surface area contributed by atoms with E-state index in [0.717, 1.165) is 5.56 Å². The predicted molar refractivity (Wildman–Crippen MR) is 149 cm³/mol. The summed E-state index contributed by atoms with van der Waals surface area (Å²) < 4.78 is 0. The lowest BCUT2D eigenvalue weighted by molar-refractivity contribution is -0.130. The molecule has 3 aromatic rings. The standard InChI is InChI=1S/C30H33N5O4/c1-18(2)25(34-28(37)19(3)31-4)30(39)35-24(17-22-11-8-16-32-27(22)35)29(38)33-23-14-12-21(13-15-23)26(36)20-9-6-5-7-10-20/h5-16,18-19,24-25,31H,17H2,1-4H3,(H,33,38)(H,34,37)/t19-,24-,25-/m0/s1. The van der Waals surface area contributed by atoms with E-state index in [4.69, 9.17) is 0 Å². The van der Waals surface area contributed by atoms with Crippen LogP contribution in [-0.2, 0) is 20.8 Å². The van der Waals surface area contributed by atoms with Crippen molar-refractivity contribution in [3.05, 3.63) is 89.6 Å². The minimum atomic E-state index is -0.854. The smallest absolute Gasteiger partial charge is 0.251 e. The Hall–Kier alpha value is -4.37. The number of amides is 3. The molecule has 3 N–H and O–H groups in total. The molecule has 0 saturated heterocycles. The van der Waals surface area contributed by atoms with Gasteiger partial charge in [-0.2, -0.15) is 0 Å². The Bertz CT molecular complexity index is 1360. The molecule has 0 aliphatic carbocycles. The van der Waals surface area contributed by atoms with Gasteiger partial charge in [0.2, 0.25) is 11.8 Å². The van der Waals surface area contributed by atoms with Crippen LogP contribution in [0.15, 0.2) is 72.9 Å². The van der Waals surface area contributed by atoms with Crippen molar-refractivity contribution in [1.82, 2.24) is 15.6 Å². The van der Waals surface area contributed by atoms with Gasteiger partial charge in [-0.15, -0.1) is 0 Å². The molecule has 0 fully saturated rings. The highest BCUT2D eigenvalue weighted by atomic mass is 16.2. The first kappa shape index (κ1) is 27.7. The summed E-state index contributed by atoms with van der Waals surface area (Å²) in [5.74, 6) is -1.03. The van der Waals surface area contributed by atoms with Crippen LogP contribution >= 0.6 is 0 Å². The maximum atomic E-state index is 13.9. The van der Waals surface area contributed by atoms with Gasteiger partial charge in [0.1, 0.15) is 17.9 Å². The molecule has 0 saturated carbocycles. The van der Waals surface area contributed by atoms with E-state index in [1.165, 1.54) is 4.90 Å². The van der Waals surface area contributed by atoms with Crippen molar-refractivity contribution >= 4 is 35.0 Å². The monoisotopic (exact) mass is 527 g/mol. The fourth-order valence-corrected chi connectivity index (χ4v) is 4.48. The summed E-state index contributed by atoms with van der Waals surface area (Å²) in [5, 5.41) is 8.58. The number of carbonyl (C=O) groups is 4. The molecule has 0 spiro atoms. The SMILES string of the molecule is CN[C@@H](C)C(=O)N[C@H](C(=O)N1c2ncccc2C[C@H]1C(=O)Nc1ccc(C(=O)c2ccccc2)cc1)C(C)C. The third-order valence-corrected chi connectivity index (χ3v) is 6.87. The zero-order valence-corrected chi connectivity index (χ0v) is 22.5. The average molecular weight is 528 g/mol. The van der Waals surface area contributed by atoms with Gasteiger partial charge in [-0.25, -0.2) is 4.98 Å². The highest BCUT2D eigenvalue weighted by molar-refractivity contribution is 6.10. The third-order valence-electron chi connectivity index (χ3n) is 6.87. The number of aromatic nitrogens is 1. The number of hydrogen-bond donors (Lipinski definition) is 3. The van der Waals surface area contributed by atoms with E-state index < -0.39 is 24.0 Å². The molecule has 9 heteroatoms. The number of likely N-dealkylation sites (N-methyl/N-ethyl adjacent to an activating group) is 1. The second-order valence-corrected chi connectivity index (χ2v) is 9.92. The van der Waals surface area contributed by atoms with Gasteiger partial charge in [0.15, 0.2) is 5.78 Å². The van der Waals surface area contributed by atoms with Crippen LogP contribution < -0.4 is 20.9 Å². The van der Waals surface area contributed by atoms with Gasteiger partial charge in [0, 0.05) is 29.4 Å². The molecule has 1 aliphatic rings. The molecule has 0 unspecified atom stereocenters. The first-order valence-electron chi connectivity index (χ1n) is 13.0. The van der Waals surface area contributed by atoms with Crippen LogP contribution in [0.3, 0.4) is 0 Å². The number of carbonyl (C=O) groups excluding carboxylic acids is 4. The maximum Gasteiger partial charge on any atom is 0.251 e. The van der Waals surface area contributed by atoms with Gasteiger partial charge < -0.3 is 16.0 Å². The minimum Gasteiger partial charge on any atom is -0.343 e. The molecule has 39 heavy (non-hydrogen) atoms. The molecule has 2 aromatic carbocycles. The zero-order chi connectivity index (χ0) is 28.1. The summed E-state index contributed by atoms with van der Waals surface area (Å²) >= 11 is 0. The van der Waals surface area contributed by atoms with E-state index in [-0.39, 0.29) is 29.9 Å². The largest absolute Gasteiger partial charge is 0.343 e. The van der Waals surface area contributed by atoms with E-state index in [1.54, 1.807) is 74.8 Å². The number of hydrogen-bond acceptors (Lipinski definition) is 6. The van der Waals surface area contributed by atoms with Crippen molar-refractivity contribution in [2.24, 2.45) is 5.92 Å². The summed E-state index contributed by atoms with van der Waals surface area (Å²) in [5.41, 5.74) is 2.35. The number of nitrogens with one attached hydrogen (secondary N) is 3. The molecule has 0 bridgehead atoms. The van der Waals surface area contributed by atoms with E-state index in [0.29, 0.717) is 22.6 Å². The summed E-state index contributed by atoms with van der Waals surface area (Å²) in [6.45, 7) is 5.39. The van der Waals surface area contributed by atoms with Crippen LogP contribution in [-0.4, -0.2) is 53.7 Å². The summed E-state index contributed by atoms with van der Waals surface area (Å²) in [4.78, 5) is 58.5. The molecule has 4 rings (SSSR count).